The van der Waals surface area contributed by atoms with Gasteiger partial charge in [0.2, 0.25) is 0 Å². The Balaban J connectivity index is 2.01. The van der Waals surface area contributed by atoms with E-state index in [2.05, 4.69) is 28.1 Å². The summed E-state index contributed by atoms with van der Waals surface area (Å²) in [6, 6.07) is 8.23. The van der Waals surface area contributed by atoms with E-state index in [0.717, 1.165) is 10.9 Å². The molecule has 90 valence electrons. The Labute approximate surface area is 105 Å². The molecule has 4 heteroatoms. The van der Waals surface area contributed by atoms with Gasteiger partial charge in [0, 0.05) is 11.6 Å². The zero-order valence-electron chi connectivity index (χ0n) is 9.45. The summed E-state index contributed by atoms with van der Waals surface area (Å²) in [6.45, 7) is 2.19. The fraction of sp³-hybridized carbons (Fsp3) is 0.500. The van der Waals surface area contributed by atoms with Crippen molar-refractivity contribution in [2.24, 2.45) is 0 Å². The third-order valence-electron chi connectivity index (χ3n) is 2.05. The maximum Gasteiger partial charge on any atom is 0.146 e. The van der Waals surface area contributed by atoms with E-state index in [4.69, 9.17) is 14.2 Å². The number of rotatable bonds is 8. The maximum atomic E-state index is 5.32. The zero-order valence-corrected chi connectivity index (χ0v) is 11.0. The van der Waals surface area contributed by atoms with E-state index in [1.54, 1.807) is 7.11 Å². The second-order valence-electron chi connectivity index (χ2n) is 3.30. The molecule has 0 radical (unpaired) electrons. The van der Waals surface area contributed by atoms with Crippen LogP contribution in [0.4, 0.5) is 0 Å². The van der Waals surface area contributed by atoms with Crippen molar-refractivity contribution in [3.05, 3.63) is 34.3 Å². The van der Waals surface area contributed by atoms with E-state index in [9.17, 15) is 0 Å². The van der Waals surface area contributed by atoms with Crippen LogP contribution < -0.4 is 0 Å². The second-order valence-corrected chi connectivity index (χ2v) is 4.22. The van der Waals surface area contributed by atoms with Crippen LogP contribution in [0.15, 0.2) is 28.7 Å². The Morgan fingerprint density at radius 1 is 1.00 bits per heavy atom. The van der Waals surface area contributed by atoms with Crippen molar-refractivity contribution in [1.29, 1.82) is 0 Å². The van der Waals surface area contributed by atoms with Gasteiger partial charge < -0.3 is 14.2 Å². The molecule has 1 aromatic carbocycles. The summed E-state index contributed by atoms with van der Waals surface area (Å²) < 4.78 is 16.4. The Hall–Kier alpha value is -0.420. The van der Waals surface area contributed by atoms with Crippen LogP contribution in [0.2, 0.25) is 0 Å². The van der Waals surface area contributed by atoms with Crippen LogP contribution in [-0.4, -0.2) is 33.7 Å². The van der Waals surface area contributed by atoms with Crippen molar-refractivity contribution >= 4 is 15.9 Å². The molecule has 0 aliphatic rings. The van der Waals surface area contributed by atoms with E-state index in [0.29, 0.717) is 26.6 Å². The smallest absolute Gasteiger partial charge is 0.146 e. The van der Waals surface area contributed by atoms with E-state index >= 15 is 0 Å². The van der Waals surface area contributed by atoms with Gasteiger partial charge in [0.15, 0.2) is 0 Å². The molecule has 0 aliphatic heterocycles. The molecule has 16 heavy (non-hydrogen) atoms. The molecular formula is C12H17BrO3. The van der Waals surface area contributed by atoms with Crippen LogP contribution in [0, 0.1) is 0 Å². The van der Waals surface area contributed by atoms with Crippen molar-refractivity contribution in [2.45, 2.75) is 6.42 Å². The average molecular weight is 289 g/mol. The predicted octanol–water partition coefficient (Wildman–Crippen LogP) is 2.63. The van der Waals surface area contributed by atoms with Crippen molar-refractivity contribution in [3.63, 3.8) is 0 Å². The summed E-state index contributed by atoms with van der Waals surface area (Å²) >= 11 is 3.40. The Morgan fingerprint density at radius 2 is 1.69 bits per heavy atom. The van der Waals surface area contributed by atoms with Gasteiger partial charge in [0.1, 0.15) is 6.79 Å². The molecule has 1 aromatic rings. The second kappa shape index (κ2) is 8.70. The zero-order chi connectivity index (χ0) is 11.6. The number of benzene rings is 1. The summed E-state index contributed by atoms with van der Waals surface area (Å²) in [5, 5.41) is 0. The van der Waals surface area contributed by atoms with E-state index in [1.165, 1.54) is 5.56 Å². The molecular weight excluding hydrogens is 272 g/mol. The number of hydrogen-bond donors (Lipinski definition) is 0. The van der Waals surface area contributed by atoms with Crippen molar-refractivity contribution in [1.82, 2.24) is 0 Å². The Morgan fingerprint density at radius 3 is 2.38 bits per heavy atom. The predicted molar refractivity (Wildman–Crippen MR) is 66.5 cm³/mol. The van der Waals surface area contributed by atoms with Crippen LogP contribution in [0.5, 0.6) is 0 Å². The first kappa shape index (κ1) is 13.6. The molecule has 0 saturated carbocycles. The Bertz CT molecular complexity index is 274. The molecule has 0 spiro atoms. The first-order valence-corrected chi connectivity index (χ1v) is 6.01. The molecule has 0 aliphatic carbocycles. The SMILES string of the molecule is COCCOCOCCc1ccc(Br)cc1. The van der Waals surface area contributed by atoms with Crippen LogP contribution in [-0.2, 0) is 20.6 Å². The fourth-order valence-electron chi connectivity index (χ4n) is 1.16. The molecule has 0 fully saturated rings. The lowest BCUT2D eigenvalue weighted by Crippen LogP contribution is -2.07. The molecule has 1 rings (SSSR count). The minimum Gasteiger partial charge on any atom is -0.382 e. The molecule has 0 unspecified atom stereocenters. The monoisotopic (exact) mass is 288 g/mol. The maximum absolute atomic E-state index is 5.32. The molecule has 0 aromatic heterocycles. The lowest BCUT2D eigenvalue weighted by atomic mass is 10.2. The van der Waals surface area contributed by atoms with Crippen LogP contribution in [0.1, 0.15) is 5.56 Å². The molecule has 0 saturated heterocycles. The van der Waals surface area contributed by atoms with Gasteiger partial charge in [-0.1, -0.05) is 28.1 Å². The van der Waals surface area contributed by atoms with E-state index in [-0.39, 0.29) is 0 Å². The highest BCUT2D eigenvalue weighted by molar-refractivity contribution is 9.10. The average Bonchev–Trinajstić information content (AvgIpc) is 2.30. The van der Waals surface area contributed by atoms with Gasteiger partial charge in [-0.2, -0.15) is 0 Å². The van der Waals surface area contributed by atoms with Gasteiger partial charge in [-0.05, 0) is 24.1 Å². The largest absolute Gasteiger partial charge is 0.382 e. The summed E-state index contributed by atoms with van der Waals surface area (Å²) in [5.74, 6) is 0. The van der Waals surface area contributed by atoms with Gasteiger partial charge in [-0.15, -0.1) is 0 Å². The minimum absolute atomic E-state index is 0.333. The van der Waals surface area contributed by atoms with Gasteiger partial charge in [0.05, 0.1) is 19.8 Å². The number of hydrogen-bond acceptors (Lipinski definition) is 3. The van der Waals surface area contributed by atoms with Gasteiger partial charge in [-0.25, -0.2) is 0 Å². The molecule has 0 bridgehead atoms. The number of methoxy groups -OCH3 is 1. The number of ether oxygens (including phenoxy) is 3. The van der Waals surface area contributed by atoms with Gasteiger partial charge in [0.25, 0.3) is 0 Å². The first-order chi connectivity index (χ1) is 7.83. The normalized spacial score (nSPS) is 10.6. The molecule has 0 N–H and O–H groups in total. The van der Waals surface area contributed by atoms with Crippen LogP contribution in [0.25, 0.3) is 0 Å². The molecule has 0 atom stereocenters. The van der Waals surface area contributed by atoms with Crippen molar-refractivity contribution in [3.8, 4) is 0 Å². The van der Waals surface area contributed by atoms with Gasteiger partial charge >= 0.3 is 0 Å². The lowest BCUT2D eigenvalue weighted by molar-refractivity contribution is -0.0647. The highest BCUT2D eigenvalue weighted by Gasteiger charge is 1.94. The third-order valence-corrected chi connectivity index (χ3v) is 2.58. The van der Waals surface area contributed by atoms with Gasteiger partial charge in [-0.3, -0.25) is 0 Å². The molecule has 0 amide bonds. The summed E-state index contributed by atoms with van der Waals surface area (Å²) in [5.41, 5.74) is 1.26. The standard InChI is InChI=1S/C12H17BrO3/c1-14-8-9-16-10-15-7-6-11-2-4-12(13)5-3-11/h2-5H,6-10H2,1H3. The lowest BCUT2D eigenvalue weighted by Gasteiger charge is -2.05. The molecule has 0 heterocycles. The summed E-state index contributed by atoms with van der Waals surface area (Å²) in [7, 11) is 1.65. The van der Waals surface area contributed by atoms with E-state index < -0.39 is 0 Å². The third kappa shape index (κ3) is 6.23. The van der Waals surface area contributed by atoms with Crippen LogP contribution >= 0.6 is 15.9 Å². The first-order valence-electron chi connectivity index (χ1n) is 5.22. The summed E-state index contributed by atoms with van der Waals surface area (Å²) in [4.78, 5) is 0. The summed E-state index contributed by atoms with van der Waals surface area (Å²) in [6.07, 6.45) is 0.904. The quantitative estimate of drug-likeness (QED) is 0.544. The topological polar surface area (TPSA) is 27.7 Å². The minimum atomic E-state index is 0.333. The van der Waals surface area contributed by atoms with Crippen molar-refractivity contribution < 1.29 is 14.2 Å². The highest BCUT2D eigenvalue weighted by atomic mass is 79.9. The van der Waals surface area contributed by atoms with E-state index in [1.807, 2.05) is 12.1 Å². The Kier molecular flexibility index (Phi) is 7.42. The highest BCUT2D eigenvalue weighted by Crippen LogP contribution is 2.10. The molecule has 3 nitrogen and oxygen atoms in total. The van der Waals surface area contributed by atoms with Crippen LogP contribution in [0.3, 0.4) is 0 Å². The number of halogens is 1. The van der Waals surface area contributed by atoms with Crippen molar-refractivity contribution in [2.75, 3.05) is 33.7 Å². The fourth-order valence-corrected chi connectivity index (χ4v) is 1.42.